The number of pyridine rings is 1. The second-order valence-electron chi connectivity index (χ2n) is 5.57. The lowest BCUT2D eigenvalue weighted by Crippen LogP contribution is -2.28. The van der Waals surface area contributed by atoms with Gasteiger partial charge < -0.3 is 15.4 Å². The summed E-state index contributed by atoms with van der Waals surface area (Å²) in [7, 11) is -1.37. The Morgan fingerprint density at radius 1 is 1.04 bits per heavy atom. The molecule has 1 unspecified atom stereocenters. The van der Waals surface area contributed by atoms with Crippen molar-refractivity contribution in [1.82, 2.24) is 10.3 Å². The van der Waals surface area contributed by atoms with Crippen LogP contribution in [0.1, 0.15) is 5.56 Å². The molecule has 0 aliphatic carbocycles. The number of hydrogen-bond acceptors (Lipinski definition) is 3. The second-order valence-corrected chi connectivity index (χ2v) is 7.70. The third-order valence-corrected chi connectivity index (χ3v) is 5.14. The van der Waals surface area contributed by atoms with Gasteiger partial charge in [0.25, 0.3) is 0 Å². The first-order valence-corrected chi connectivity index (χ1v) is 10.0. The molecule has 3 N–H and O–H groups in total. The third kappa shape index (κ3) is 5.90. The van der Waals surface area contributed by atoms with Gasteiger partial charge >= 0.3 is 6.03 Å². The van der Waals surface area contributed by atoms with Crippen LogP contribution >= 0.6 is 15.9 Å². The smallest absolute Gasteiger partial charge is 0.319 e. The molecular formula is C19H17BrN4O2S. The highest BCUT2D eigenvalue weighted by molar-refractivity contribution is 9.10. The van der Waals surface area contributed by atoms with Crippen molar-refractivity contribution in [1.29, 1.82) is 0 Å². The molecule has 8 heteroatoms. The van der Waals surface area contributed by atoms with Gasteiger partial charge in [-0.25, -0.2) is 9.00 Å². The number of nitrogens with zero attached hydrogens (tertiary/aromatic N) is 1. The molecule has 0 spiro atoms. The van der Waals surface area contributed by atoms with E-state index in [0.717, 1.165) is 10.0 Å². The molecule has 0 bridgehead atoms. The van der Waals surface area contributed by atoms with E-state index in [4.69, 9.17) is 0 Å². The van der Waals surface area contributed by atoms with Crippen LogP contribution in [0.5, 0.6) is 0 Å². The van der Waals surface area contributed by atoms with Crippen molar-refractivity contribution in [3.8, 4) is 0 Å². The Morgan fingerprint density at radius 2 is 1.81 bits per heavy atom. The Bertz CT molecular complexity index is 936. The summed E-state index contributed by atoms with van der Waals surface area (Å²) in [6.07, 6.45) is 3.38. The van der Waals surface area contributed by atoms with E-state index >= 15 is 0 Å². The van der Waals surface area contributed by atoms with E-state index in [1.54, 1.807) is 48.8 Å². The largest absolute Gasteiger partial charge is 0.334 e. The first kappa shape index (κ1) is 19.1. The van der Waals surface area contributed by atoms with Gasteiger partial charge in [-0.05, 0) is 54.1 Å². The van der Waals surface area contributed by atoms with E-state index in [9.17, 15) is 9.00 Å². The molecule has 138 valence electrons. The third-order valence-electron chi connectivity index (χ3n) is 3.54. The average molecular weight is 445 g/mol. The van der Waals surface area contributed by atoms with Gasteiger partial charge in [0.15, 0.2) is 0 Å². The van der Waals surface area contributed by atoms with Gasteiger partial charge in [0.1, 0.15) is 11.0 Å². The van der Waals surface area contributed by atoms with Crippen molar-refractivity contribution in [2.75, 3.05) is 10.0 Å². The molecule has 0 fully saturated rings. The summed E-state index contributed by atoms with van der Waals surface area (Å²) in [6, 6.07) is 17.7. The zero-order valence-corrected chi connectivity index (χ0v) is 16.6. The number of rotatable bonds is 6. The first-order valence-electron chi connectivity index (χ1n) is 8.08. The Kier molecular flexibility index (Phi) is 6.56. The number of carbonyl (C=O) groups excluding carboxylic acids is 1. The average Bonchev–Trinajstić information content (AvgIpc) is 2.69. The standard InChI is InChI=1S/C19H17BrN4O2S/c20-15-4-1-5-18(11-15)27(26)24-17-8-6-16(7-9-17)23-19(25)22-13-14-3-2-10-21-12-14/h1-12,24H,13H2,(H2,22,23,25). The van der Waals surface area contributed by atoms with Crippen LogP contribution in [-0.2, 0) is 17.5 Å². The Balaban J connectivity index is 1.52. The van der Waals surface area contributed by atoms with Crippen LogP contribution in [0, 0.1) is 0 Å². The molecule has 3 aromatic rings. The molecule has 0 aliphatic rings. The summed E-state index contributed by atoms with van der Waals surface area (Å²) in [5.41, 5.74) is 2.24. The van der Waals surface area contributed by atoms with Crippen LogP contribution in [0.25, 0.3) is 0 Å². The van der Waals surface area contributed by atoms with Crippen molar-refractivity contribution in [3.05, 3.63) is 83.1 Å². The summed E-state index contributed by atoms with van der Waals surface area (Å²) in [5.74, 6) is 0. The Labute approximate surface area is 168 Å². The van der Waals surface area contributed by atoms with E-state index in [-0.39, 0.29) is 6.03 Å². The number of aromatic nitrogens is 1. The van der Waals surface area contributed by atoms with Gasteiger partial charge in [0, 0.05) is 34.8 Å². The zero-order valence-electron chi connectivity index (χ0n) is 14.2. The molecule has 0 saturated carbocycles. The molecule has 1 aromatic heterocycles. The maximum Gasteiger partial charge on any atom is 0.319 e. The molecule has 0 saturated heterocycles. The molecule has 6 nitrogen and oxygen atoms in total. The van der Waals surface area contributed by atoms with Gasteiger partial charge in [0.05, 0.1) is 4.90 Å². The SMILES string of the molecule is O=C(NCc1cccnc1)Nc1ccc(NS(=O)c2cccc(Br)c2)cc1. The zero-order chi connectivity index (χ0) is 19.1. The van der Waals surface area contributed by atoms with Crippen molar-refractivity contribution < 1.29 is 9.00 Å². The number of amides is 2. The highest BCUT2D eigenvalue weighted by Gasteiger charge is 2.06. The Morgan fingerprint density at radius 3 is 2.52 bits per heavy atom. The molecule has 0 radical (unpaired) electrons. The summed E-state index contributed by atoms with van der Waals surface area (Å²) < 4.78 is 16.1. The minimum Gasteiger partial charge on any atom is -0.334 e. The van der Waals surface area contributed by atoms with E-state index in [2.05, 4.69) is 36.3 Å². The molecule has 1 atom stereocenters. The molecular weight excluding hydrogens is 428 g/mol. The van der Waals surface area contributed by atoms with Crippen molar-refractivity contribution in [2.24, 2.45) is 0 Å². The van der Waals surface area contributed by atoms with Gasteiger partial charge in [-0.2, -0.15) is 0 Å². The topological polar surface area (TPSA) is 83.1 Å². The van der Waals surface area contributed by atoms with Crippen LogP contribution in [0.4, 0.5) is 16.2 Å². The van der Waals surface area contributed by atoms with Crippen molar-refractivity contribution >= 4 is 44.3 Å². The maximum atomic E-state index is 12.3. The molecule has 1 heterocycles. The van der Waals surface area contributed by atoms with E-state index < -0.39 is 11.0 Å². The number of nitrogens with one attached hydrogen (secondary N) is 3. The first-order chi connectivity index (χ1) is 13.1. The van der Waals surface area contributed by atoms with Crippen molar-refractivity contribution in [2.45, 2.75) is 11.4 Å². The number of anilines is 2. The van der Waals surface area contributed by atoms with Gasteiger partial charge in [-0.15, -0.1) is 0 Å². The summed E-state index contributed by atoms with van der Waals surface area (Å²) in [5, 5.41) is 5.51. The van der Waals surface area contributed by atoms with E-state index in [0.29, 0.717) is 22.8 Å². The lowest BCUT2D eigenvalue weighted by atomic mass is 10.3. The van der Waals surface area contributed by atoms with Gasteiger partial charge in [-0.3, -0.25) is 4.98 Å². The minimum atomic E-state index is -1.37. The van der Waals surface area contributed by atoms with E-state index in [1.165, 1.54) is 0 Å². The molecule has 27 heavy (non-hydrogen) atoms. The Hall–Kier alpha value is -2.71. The van der Waals surface area contributed by atoms with Crippen LogP contribution in [-0.4, -0.2) is 15.2 Å². The highest BCUT2D eigenvalue weighted by Crippen LogP contribution is 2.18. The number of benzene rings is 2. The predicted octanol–water partition coefficient (Wildman–Crippen LogP) is 4.30. The fourth-order valence-corrected chi connectivity index (χ4v) is 3.69. The number of carbonyl (C=O) groups is 1. The van der Waals surface area contributed by atoms with Gasteiger partial charge in [-0.1, -0.05) is 28.1 Å². The lowest BCUT2D eigenvalue weighted by Gasteiger charge is -2.09. The van der Waals surface area contributed by atoms with Gasteiger partial charge in [0.2, 0.25) is 0 Å². The number of hydrogen-bond donors (Lipinski definition) is 3. The fraction of sp³-hybridized carbons (Fsp3) is 0.0526. The summed E-state index contributed by atoms with van der Waals surface area (Å²) in [4.78, 5) is 16.6. The molecule has 2 amide bonds. The lowest BCUT2D eigenvalue weighted by molar-refractivity contribution is 0.251. The monoisotopic (exact) mass is 444 g/mol. The predicted molar refractivity (Wildman–Crippen MR) is 111 cm³/mol. The van der Waals surface area contributed by atoms with E-state index in [1.807, 2.05) is 24.3 Å². The molecule has 2 aromatic carbocycles. The maximum absolute atomic E-state index is 12.3. The number of urea groups is 1. The van der Waals surface area contributed by atoms with Crippen LogP contribution in [0.3, 0.4) is 0 Å². The highest BCUT2D eigenvalue weighted by atomic mass is 79.9. The molecule has 0 aliphatic heterocycles. The summed E-state index contributed by atoms with van der Waals surface area (Å²) in [6.45, 7) is 0.394. The second kappa shape index (κ2) is 9.29. The minimum absolute atomic E-state index is 0.308. The summed E-state index contributed by atoms with van der Waals surface area (Å²) >= 11 is 3.36. The quantitative estimate of drug-likeness (QED) is 0.529. The molecule has 3 rings (SSSR count). The fourth-order valence-electron chi connectivity index (χ4n) is 2.23. The van der Waals surface area contributed by atoms with Crippen molar-refractivity contribution in [3.63, 3.8) is 0 Å². The normalized spacial score (nSPS) is 11.4. The van der Waals surface area contributed by atoms with Crippen LogP contribution < -0.4 is 15.4 Å². The van der Waals surface area contributed by atoms with Crippen LogP contribution in [0.15, 0.2) is 82.4 Å². The van der Waals surface area contributed by atoms with Crippen LogP contribution in [0.2, 0.25) is 0 Å². The number of halogens is 1.